The fourth-order valence-corrected chi connectivity index (χ4v) is 3.34. The third-order valence-corrected chi connectivity index (χ3v) is 4.95. The summed E-state index contributed by atoms with van der Waals surface area (Å²) < 4.78 is 27.1. The van der Waals surface area contributed by atoms with Gasteiger partial charge in [-0.25, -0.2) is 13.1 Å². The molecule has 7 heteroatoms. The topological polar surface area (TPSA) is 79.3 Å². The maximum atomic E-state index is 12.3. The second-order valence-electron chi connectivity index (χ2n) is 4.55. The standard InChI is InChI=1S/C14H15ClN2O3S/c1-10-4-5-16-7-12(10)8-17-21(19,20)14-6-11(9-18)2-3-13(14)15/h2-7,17-18H,8-9H2,1H3. The first kappa shape index (κ1) is 15.9. The average Bonchev–Trinajstić information content (AvgIpc) is 2.47. The van der Waals surface area contributed by atoms with Crippen molar-refractivity contribution in [2.45, 2.75) is 25.0 Å². The van der Waals surface area contributed by atoms with Crippen LogP contribution in [-0.4, -0.2) is 18.5 Å². The van der Waals surface area contributed by atoms with Crippen molar-refractivity contribution in [1.29, 1.82) is 0 Å². The van der Waals surface area contributed by atoms with E-state index in [1.807, 2.05) is 13.0 Å². The molecular formula is C14H15ClN2O3S. The lowest BCUT2D eigenvalue weighted by molar-refractivity contribution is 0.281. The lowest BCUT2D eigenvalue weighted by Gasteiger charge is -2.10. The van der Waals surface area contributed by atoms with Crippen molar-refractivity contribution in [3.05, 3.63) is 58.4 Å². The van der Waals surface area contributed by atoms with Gasteiger partial charge in [-0.3, -0.25) is 4.98 Å². The molecule has 5 nitrogen and oxygen atoms in total. The van der Waals surface area contributed by atoms with E-state index in [0.717, 1.165) is 11.1 Å². The van der Waals surface area contributed by atoms with E-state index in [1.165, 1.54) is 12.1 Å². The lowest BCUT2D eigenvalue weighted by Crippen LogP contribution is -2.24. The first-order valence-electron chi connectivity index (χ1n) is 6.22. The maximum Gasteiger partial charge on any atom is 0.242 e. The summed E-state index contributed by atoms with van der Waals surface area (Å²) in [5.41, 5.74) is 2.22. The van der Waals surface area contributed by atoms with Gasteiger partial charge in [0.2, 0.25) is 10.0 Å². The third-order valence-electron chi connectivity index (χ3n) is 3.07. The molecule has 0 amide bonds. The van der Waals surface area contributed by atoms with Gasteiger partial charge in [0.25, 0.3) is 0 Å². The smallest absolute Gasteiger partial charge is 0.242 e. The van der Waals surface area contributed by atoms with E-state index in [9.17, 15) is 8.42 Å². The summed E-state index contributed by atoms with van der Waals surface area (Å²) >= 11 is 5.94. The Hall–Kier alpha value is -1.47. The summed E-state index contributed by atoms with van der Waals surface area (Å²) in [5.74, 6) is 0. The van der Waals surface area contributed by atoms with Crippen LogP contribution in [-0.2, 0) is 23.2 Å². The molecule has 0 spiro atoms. The van der Waals surface area contributed by atoms with Crippen LogP contribution in [0.5, 0.6) is 0 Å². The Bertz CT molecular complexity index is 748. The van der Waals surface area contributed by atoms with Gasteiger partial charge in [0.05, 0.1) is 11.6 Å². The molecule has 0 aliphatic rings. The number of benzene rings is 1. The number of aryl methyl sites for hydroxylation is 1. The highest BCUT2D eigenvalue weighted by molar-refractivity contribution is 7.89. The largest absolute Gasteiger partial charge is 0.392 e. The highest BCUT2D eigenvalue weighted by atomic mass is 35.5. The van der Waals surface area contributed by atoms with Gasteiger partial charge >= 0.3 is 0 Å². The molecule has 1 aromatic heterocycles. The first-order chi connectivity index (χ1) is 9.94. The molecule has 1 heterocycles. The first-order valence-corrected chi connectivity index (χ1v) is 8.08. The minimum atomic E-state index is -3.76. The SMILES string of the molecule is Cc1ccncc1CNS(=O)(=O)c1cc(CO)ccc1Cl. The number of rotatable bonds is 5. The van der Waals surface area contributed by atoms with Crippen molar-refractivity contribution in [3.63, 3.8) is 0 Å². The average molecular weight is 327 g/mol. The van der Waals surface area contributed by atoms with Crippen LogP contribution in [0.1, 0.15) is 16.7 Å². The van der Waals surface area contributed by atoms with Crippen LogP contribution in [0.15, 0.2) is 41.6 Å². The molecule has 21 heavy (non-hydrogen) atoms. The van der Waals surface area contributed by atoms with Crippen LogP contribution in [0.3, 0.4) is 0 Å². The molecule has 1 aromatic carbocycles. The van der Waals surface area contributed by atoms with E-state index in [0.29, 0.717) is 5.56 Å². The Morgan fingerprint density at radius 3 is 2.76 bits per heavy atom. The number of nitrogens with zero attached hydrogens (tertiary/aromatic N) is 1. The van der Waals surface area contributed by atoms with E-state index in [2.05, 4.69) is 9.71 Å². The minimum absolute atomic E-state index is 0.0442. The summed E-state index contributed by atoms with van der Waals surface area (Å²) in [6.07, 6.45) is 3.26. The summed E-state index contributed by atoms with van der Waals surface area (Å²) in [5, 5.41) is 9.21. The summed E-state index contributed by atoms with van der Waals surface area (Å²) in [6.45, 7) is 1.76. The molecule has 2 N–H and O–H groups in total. The van der Waals surface area contributed by atoms with Crippen LogP contribution >= 0.6 is 11.6 Å². The number of halogens is 1. The van der Waals surface area contributed by atoms with Crippen LogP contribution in [0.4, 0.5) is 0 Å². The molecule has 0 saturated carbocycles. The van der Waals surface area contributed by atoms with E-state index in [-0.39, 0.29) is 23.1 Å². The second-order valence-corrected chi connectivity index (χ2v) is 6.69. The molecule has 0 aliphatic heterocycles. The van der Waals surface area contributed by atoms with Crippen molar-refractivity contribution in [2.75, 3.05) is 0 Å². The number of aliphatic hydroxyl groups is 1. The van der Waals surface area contributed by atoms with Gasteiger partial charge in [-0.15, -0.1) is 0 Å². The van der Waals surface area contributed by atoms with Gasteiger partial charge < -0.3 is 5.11 Å². The number of sulfonamides is 1. The highest BCUT2D eigenvalue weighted by Crippen LogP contribution is 2.23. The van der Waals surface area contributed by atoms with Gasteiger partial charge in [0.1, 0.15) is 4.90 Å². The van der Waals surface area contributed by atoms with Crippen LogP contribution < -0.4 is 4.72 Å². The van der Waals surface area contributed by atoms with Gasteiger partial charge in [-0.1, -0.05) is 17.7 Å². The number of aromatic nitrogens is 1. The summed E-state index contributed by atoms with van der Waals surface area (Å²) in [6, 6.07) is 6.20. The molecule has 0 bridgehead atoms. The van der Waals surface area contributed by atoms with Gasteiger partial charge in [0.15, 0.2) is 0 Å². The molecule has 0 fully saturated rings. The van der Waals surface area contributed by atoms with Crippen molar-refractivity contribution in [2.24, 2.45) is 0 Å². The fourth-order valence-electron chi connectivity index (χ4n) is 1.78. The third kappa shape index (κ3) is 3.79. The van der Waals surface area contributed by atoms with Gasteiger partial charge in [-0.05, 0) is 41.8 Å². The summed E-state index contributed by atoms with van der Waals surface area (Å²) in [4.78, 5) is 3.93. The summed E-state index contributed by atoms with van der Waals surface area (Å²) in [7, 11) is -3.76. The van der Waals surface area contributed by atoms with E-state index < -0.39 is 10.0 Å². The molecule has 0 radical (unpaired) electrons. The van der Waals surface area contributed by atoms with Gasteiger partial charge in [-0.2, -0.15) is 0 Å². The van der Waals surface area contributed by atoms with E-state index in [1.54, 1.807) is 18.5 Å². The maximum absolute atomic E-state index is 12.3. The Labute approximate surface area is 128 Å². The Kier molecular flexibility index (Phi) is 4.95. The second kappa shape index (κ2) is 6.53. The van der Waals surface area contributed by atoms with Crippen molar-refractivity contribution in [1.82, 2.24) is 9.71 Å². The molecule has 0 unspecified atom stereocenters. The van der Waals surface area contributed by atoms with Crippen LogP contribution in [0.2, 0.25) is 5.02 Å². The number of hydrogen-bond donors (Lipinski definition) is 2. The van der Waals surface area contributed by atoms with Gasteiger partial charge in [0, 0.05) is 18.9 Å². The van der Waals surface area contributed by atoms with Crippen LogP contribution in [0.25, 0.3) is 0 Å². The minimum Gasteiger partial charge on any atom is -0.392 e. The zero-order valence-corrected chi connectivity index (χ0v) is 12.9. The molecular weight excluding hydrogens is 312 g/mol. The Morgan fingerprint density at radius 2 is 2.10 bits per heavy atom. The van der Waals surface area contributed by atoms with Crippen molar-refractivity contribution >= 4 is 21.6 Å². The molecule has 2 aromatic rings. The predicted octanol–water partition coefficient (Wildman–Crippen LogP) is 2.01. The van der Waals surface area contributed by atoms with Crippen molar-refractivity contribution in [3.8, 4) is 0 Å². The number of hydrogen-bond acceptors (Lipinski definition) is 4. The Morgan fingerprint density at radius 1 is 1.33 bits per heavy atom. The molecule has 0 atom stereocenters. The number of pyridine rings is 1. The lowest BCUT2D eigenvalue weighted by atomic mass is 10.2. The monoisotopic (exact) mass is 326 g/mol. The zero-order chi connectivity index (χ0) is 15.5. The van der Waals surface area contributed by atoms with Crippen molar-refractivity contribution < 1.29 is 13.5 Å². The quantitative estimate of drug-likeness (QED) is 0.881. The number of aliphatic hydroxyl groups excluding tert-OH is 1. The fraction of sp³-hybridized carbons (Fsp3) is 0.214. The zero-order valence-electron chi connectivity index (χ0n) is 11.4. The molecule has 0 saturated heterocycles. The highest BCUT2D eigenvalue weighted by Gasteiger charge is 2.18. The van der Waals surface area contributed by atoms with E-state index in [4.69, 9.17) is 16.7 Å². The predicted molar refractivity (Wildman–Crippen MR) is 80.4 cm³/mol. The molecule has 112 valence electrons. The number of nitrogens with one attached hydrogen (secondary N) is 1. The molecule has 0 aliphatic carbocycles. The van der Waals surface area contributed by atoms with E-state index >= 15 is 0 Å². The normalized spacial score (nSPS) is 11.6. The molecule has 2 rings (SSSR count). The Balaban J connectivity index is 2.25. The van der Waals surface area contributed by atoms with Crippen LogP contribution in [0, 0.1) is 6.92 Å².